The van der Waals surface area contributed by atoms with E-state index in [9.17, 15) is 9.18 Å². The largest absolute Gasteiger partial charge is 0.339 e. The lowest BCUT2D eigenvalue weighted by Crippen LogP contribution is -2.54. The number of nitrogens with one attached hydrogen (secondary N) is 3. The van der Waals surface area contributed by atoms with E-state index in [1.165, 1.54) is 6.07 Å². The van der Waals surface area contributed by atoms with Gasteiger partial charge < -0.3 is 5.32 Å². The minimum Gasteiger partial charge on any atom is -0.339 e. The first kappa shape index (κ1) is 18.6. The Balaban J connectivity index is 1.43. The SMILES string of the molecule is CCN1CCC(C(=O)NC2CCC(Cc3cc(F)cc(Cl)c3)CN2)N1. The standard InChI is InChI=1S/C18H26ClFN4O/c1-2-24-6-5-16(23-24)18(25)22-17-4-3-12(11-21-17)7-13-8-14(19)10-15(20)9-13/h8-10,12,16-17,21,23H,2-7,11H2,1H3,(H,22,25). The number of amides is 1. The minimum absolute atomic E-state index is 0.0114. The van der Waals surface area contributed by atoms with E-state index in [0.29, 0.717) is 10.9 Å². The second kappa shape index (κ2) is 8.45. The number of carbonyl (C=O) groups excluding carboxylic acids is 1. The zero-order valence-electron chi connectivity index (χ0n) is 14.5. The molecule has 25 heavy (non-hydrogen) atoms. The van der Waals surface area contributed by atoms with Gasteiger partial charge in [-0.2, -0.15) is 0 Å². The second-order valence-corrected chi connectivity index (χ2v) is 7.38. The molecule has 0 aromatic heterocycles. The molecule has 5 nitrogen and oxygen atoms in total. The first-order valence-corrected chi connectivity index (χ1v) is 9.41. The van der Waals surface area contributed by atoms with Crippen molar-refractivity contribution in [3.8, 4) is 0 Å². The average Bonchev–Trinajstić information content (AvgIpc) is 3.05. The first-order chi connectivity index (χ1) is 12.0. The van der Waals surface area contributed by atoms with E-state index in [-0.39, 0.29) is 23.9 Å². The van der Waals surface area contributed by atoms with Gasteiger partial charge in [0.2, 0.25) is 5.91 Å². The van der Waals surface area contributed by atoms with E-state index in [2.05, 4.69) is 28.0 Å². The van der Waals surface area contributed by atoms with E-state index >= 15 is 0 Å². The molecule has 3 atom stereocenters. The number of carbonyl (C=O) groups is 1. The highest BCUT2D eigenvalue weighted by Gasteiger charge is 2.29. The third kappa shape index (κ3) is 5.14. The molecule has 1 amide bonds. The van der Waals surface area contributed by atoms with Gasteiger partial charge in [-0.3, -0.25) is 10.1 Å². The van der Waals surface area contributed by atoms with Gasteiger partial charge >= 0.3 is 0 Å². The first-order valence-electron chi connectivity index (χ1n) is 9.03. The fraction of sp³-hybridized carbons (Fsp3) is 0.611. The number of rotatable bonds is 5. The molecule has 3 unspecified atom stereocenters. The van der Waals surface area contributed by atoms with Crippen LogP contribution in [0.3, 0.4) is 0 Å². The van der Waals surface area contributed by atoms with Crippen molar-refractivity contribution in [1.29, 1.82) is 0 Å². The monoisotopic (exact) mass is 368 g/mol. The molecule has 0 radical (unpaired) electrons. The highest BCUT2D eigenvalue weighted by Crippen LogP contribution is 2.22. The number of hydrazine groups is 1. The van der Waals surface area contributed by atoms with Gasteiger partial charge in [0.05, 0.1) is 6.17 Å². The van der Waals surface area contributed by atoms with Gasteiger partial charge in [-0.15, -0.1) is 0 Å². The predicted molar refractivity (Wildman–Crippen MR) is 96.6 cm³/mol. The van der Waals surface area contributed by atoms with Crippen LogP contribution in [-0.2, 0) is 11.2 Å². The Morgan fingerprint density at radius 2 is 2.20 bits per heavy atom. The van der Waals surface area contributed by atoms with Crippen molar-refractivity contribution in [2.45, 2.75) is 44.8 Å². The zero-order chi connectivity index (χ0) is 17.8. The molecule has 0 bridgehead atoms. The average molecular weight is 369 g/mol. The van der Waals surface area contributed by atoms with Crippen LogP contribution in [0.25, 0.3) is 0 Å². The maximum absolute atomic E-state index is 13.4. The number of hydrogen-bond acceptors (Lipinski definition) is 4. The molecule has 2 fully saturated rings. The summed E-state index contributed by atoms with van der Waals surface area (Å²) >= 11 is 5.92. The van der Waals surface area contributed by atoms with Crippen molar-refractivity contribution in [1.82, 2.24) is 21.1 Å². The van der Waals surface area contributed by atoms with Gasteiger partial charge in [-0.1, -0.05) is 18.5 Å². The van der Waals surface area contributed by atoms with Crippen LogP contribution in [-0.4, -0.2) is 42.8 Å². The topological polar surface area (TPSA) is 56.4 Å². The van der Waals surface area contributed by atoms with E-state index in [1.54, 1.807) is 6.07 Å². The summed E-state index contributed by atoms with van der Waals surface area (Å²) < 4.78 is 13.4. The molecular formula is C18H26ClFN4O. The number of halogens is 2. The predicted octanol–water partition coefficient (Wildman–Crippen LogP) is 2.06. The van der Waals surface area contributed by atoms with E-state index in [0.717, 1.165) is 50.9 Å². The van der Waals surface area contributed by atoms with Crippen molar-refractivity contribution < 1.29 is 9.18 Å². The highest BCUT2D eigenvalue weighted by molar-refractivity contribution is 6.30. The van der Waals surface area contributed by atoms with Gasteiger partial charge in [-0.05, 0) is 55.4 Å². The Kier molecular flexibility index (Phi) is 6.28. The number of benzene rings is 1. The molecular weight excluding hydrogens is 343 g/mol. The minimum atomic E-state index is -0.290. The third-order valence-corrected chi connectivity index (χ3v) is 5.22. The molecule has 1 aromatic carbocycles. The Morgan fingerprint density at radius 3 is 2.84 bits per heavy atom. The van der Waals surface area contributed by atoms with Crippen molar-refractivity contribution in [2.75, 3.05) is 19.6 Å². The summed E-state index contributed by atoms with van der Waals surface area (Å²) in [7, 11) is 0. The number of hydrogen-bond donors (Lipinski definition) is 3. The van der Waals surface area contributed by atoms with Crippen LogP contribution in [0.5, 0.6) is 0 Å². The van der Waals surface area contributed by atoms with Crippen molar-refractivity contribution >= 4 is 17.5 Å². The van der Waals surface area contributed by atoms with Crippen molar-refractivity contribution in [2.24, 2.45) is 5.92 Å². The van der Waals surface area contributed by atoms with E-state index < -0.39 is 0 Å². The molecule has 1 aromatic rings. The van der Waals surface area contributed by atoms with Gasteiger partial charge in [-0.25, -0.2) is 14.8 Å². The molecule has 3 rings (SSSR count). The van der Waals surface area contributed by atoms with Gasteiger partial charge in [0.25, 0.3) is 0 Å². The van der Waals surface area contributed by atoms with Crippen molar-refractivity contribution in [3.63, 3.8) is 0 Å². The lowest BCUT2D eigenvalue weighted by molar-refractivity contribution is -0.124. The van der Waals surface area contributed by atoms with Crippen LogP contribution >= 0.6 is 11.6 Å². The summed E-state index contributed by atoms with van der Waals surface area (Å²) in [6, 6.07) is 4.56. The summed E-state index contributed by atoms with van der Waals surface area (Å²) in [6.07, 6.45) is 3.52. The molecule has 3 N–H and O–H groups in total. The maximum atomic E-state index is 13.4. The highest BCUT2D eigenvalue weighted by atomic mass is 35.5. The summed E-state index contributed by atoms with van der Waals surface area (Å²) in [5, 5.41) is 8.99. The van der Waals surface area contributed by atoms with Crippen LogP contribution in [0.2, 0.25) is 5.02 Å². The molecule has 7 heteroatoms. The van der Waals surface area contributed by atoms with Crippen molar-refractivity contribution in [3.05, 3.63) is 34.6 Å². The van der Waals surface area contributed by atoms with E-state index in [4.69, 9.17) is 11.6 Å². The van der Waals surface area contributed by atoms with Crippen LogP contribution in [0.1, 0.15) is 31.7 Å². The Hall–Kier alpha value is -1.21. The lowest BCUT2D eigenvalue weighted by Gasteiger charge is -2.31. The number of piperidine rings is 1. The van der Waals surface area contributed by atoms with E-state index in [1.807, 2.05) is 6.07 Å². The quantitative estimate of drug-likeness (QED) is 0.744. The lowest BCUT2D eigenvalue weighted by atomic mass is 9.91. The molecule has 2 aliphatic rings. The Morgan fingerprint density at radius 1 is 1.36 bits per heavy atom. The summed E-state index contributed by atoms with van der Waals surface area (Å²) in [5.41, 5.74) is 4.15. The van der Waals surface area contributed by atoms with Crippen LogP contribution in [0.4, 0.5) is 4.39 Å². The molecule has 2 saturated heterocycles. The second-order valence-electron chi connectivity index (χ2n) is 6.94. The molecule has 0 saturated carbocycles. The summed E-state index contributed by atoms with van der Waals surface area (Å²) in [4.78, 5) is 12.3. The number of nitrogens with zero attached hydrogens (tertiary/aromatic N) is 1. The fourth-order valence-electron chi connectivity index (χ4n) is 3.62. The van der Waals surface area contributed by atoms with Crippen LogP contribution < -0.4 is 16.1 Å². The molecule has 2 heterocycles. The zero-order valence-corrected chi connectivity index (χ0v) is 15.3. The summed E-state index contributed by atoms with van der Waals surface area (Å²) in [6.45, 7) is 4.68. The van der Waals surface area contributed by atoms with Gasteiger partial charge in [0.1, 0.15) is 11.9 Å². The van der Waals surface area contributed by atoms with Gasteiger partial charge in [0.15, 0.2) is 0 Å². The smallest absolute Gasteiger partial charge is 0.239 e. The maximum Gasteiger partial charge on any atom is 0.239 e. The normalized spacial score (nSPS) is 27.4. The van der Waals surface area contributed by atoms with Crippen LogP contribution in [0.15, 0.2) is 18.2 Å². The fourth-order valence-corrected chi connectivity index (χ4v) is 3.87. The molecule has 2 aliphatic heterocycles. The third-order valence-electron chi connectivity index (χ3n) is 5.00. The molecule has 0 aliphatic carbocycles. The Bertz CT molecular complexity index is 586. The molecule has 138 valence electrons. The summed E-state index contributed by atoms with van der Waals surface area (Å²) in [5.74, 6) is 0.191. The van der Waals surface area contributed by atoms with Crippen LogP contribution in [0, 0.1) is 11.7 Å². The van der Waals surface area contributed by atoms with Gasteiger partial charge in [0, 0.05) is 24.7 Å². The molecule has 0 spiro atoms. The Labute approximate surface area is 153 Å².